The molecule has 1 unspecified atom stereocenters. The molecule has 1 nitrogen and oxygen atoms in total. The highest BCUT2D eigenvalue weighted by Crippen LogP contribution is 1.92. The minimum absolute atomic E-state index is 0.162. The molecule has 56 valence electrons. The molecule has 0 radical (unpaired) electrons. The van der Waals surface area contributed by atoms with Gasteiger partial charge in [-0.3, -0.25) is 0 Å². The third-order valence-electron chi connectivity index (χ3n) is 1.08. The molecule has 11 heavy (non-hydrogen) atoms. The first-order valence-electron chi connectivity index (χ1n) is 3.42. The fraction of sp³-hybridized carbons (Fsp3) is 0.400. The van der Waals surface area contributed by atoms with Crippen LogP contribution in [-0.2, 0) is 4.74 Å². The van der Waals surface area contributed by atoms with Crippen LogP contribution in [0, 0.1) is 36.2 Å². The second kappa shape index (κ2) is 6.60. The maximum atomic E-state index is 5.01. The van der Waals surface area contributed by atoms with Gasteiger partial charge in [0.05, 0.1) is 0 Å². The average molecular weight is 146 g/mol. The molecule has 0 saturated heterocycles. The molecular weight excluding hydrogens is 136 g/mol. The summed E-state index contributed by atoms with van der Waals surface area (Å²) in [5.74, 6) is 9.43. The molecule has 0 spiro atoms. The highest BCUT2D eigenvalue weighted by Gasteiger charge is 1.92. The molecule has 0 aromatic carbocycles. The van der Waals surface area contributed by atoms with Crippen LogP contribution in [0.15, 0.2) is 0 Å². The second-order valence-corrected chi connectivity index (χ2v) is 1.96. The number of ether oxygens (including phenoxy) is 1. The van der Waals surface area contributed by atoms with Crippen LogP contribution >= 0.6 is 0 Å². The van der Waals surface area contributed by atoms with Crippen LogP contribution in [0.1, 0.15) is 20.3 Å². The van der Waals surface area contributed by atoms with E-state index in [1.165, 1.54) is 0 Å². The summed E-state index contributed by atoms with van der Waals surface area (Å²) in [6, 6.07) is 0. The Hall–Kier alpha value is -1.52. The largest absolute Gasteiger partial charge is 0.443 e. The van der Waals surface area contributed by atoms with E-state index in [9.17, 15) is 0 Å². The molecule has 0 fully saturated rings. The van der Waals surface area contributed by atoms with E-state index in [0.29, 0.717) is 0 Å². The van der Waals surface area contributed by atoms with E-state index in [0.717, 1.165) is 6.42 Å². The first kappa shape index (κ1) is 9.48. The van der Waals surface area contributed by atoms with Crippen LogP contribution in [0.25, 0.3) is 0 Å². The molecule has 1 atom stereocenters. The van der Waals surface area contributed by atoms with Crippen molar-refractivity contribution in [2.45, 2.75) is 26.4 Å². The predicted molar refractivity (Wildman–Crippen MR) is 45.2 cm³/mol. The van der Waals surface area contributed by atoms with Gasteiger partial charge in [0.1, 0.15) is 12.2 Å². The quantitative estimate of drug-likeness (QED) is 0.535. The van der Waals surface area contributed by atoms with Crippen molar-refractivity contribution in [1.82, 2.24) is 0 Å². The lowest BCUT2D eigenvalue weighted by Crippen LogP contribution is -2.00. The zero-order chi connectivity index (χ0) is 8.53. The molecule has 0 aliphatic rings. The molecule has 0 rings (SSSR count). The summed E-state index contributed by atoms with van der Waals surface area (Å²) in [5, 5.41) is 0. The lowest BCUT2D eigenvalue weighted by atomic mass is 10.3. The summed E-state index contributed by atoms with van der Waals surface area (Å²) < 4.78 is 5.01. The summed E-state index contributed by atoms with van der Waals surface area (Å²) in [7, 11) is 0. The van der Waals surface area contributed by atoms with Crippen molar-refractivity contribution in [1.29, 1.82) is 0 Å². The normalized spacial score (nSPS) is 9.18. The SMILES string of the molecule is C#CC#CC#COC(C)CC. The van der Waals surface area contributed by atoms with E-state index >= 15 is 0 Å². The van der Waals surface area contributed by atoms with Crippen molar-refractivity contribution in [3.8, 4) is 36.2 Å². The van der Waals surface area contributed by atoms with Gasteiger partial charge in [-0.1, -0.05) is 6.92 Å². The minimum atomic E-state index is 0.162. The number of hydrogen-bond donors (Lipinski definition) is 0. The van der Waals surface area contributed by atoms with Crippen LogP contribution in [0.3, 0.4) is 0 Å². The smallest absolute Gasteiger partial charge is 0.124 e. The van der Waals surface area contributed by atoms with E-state index in [4.69, 9.17) is 11.2 Å². The highest BCUT2D eigenvalue weighted by atomic mass is 16.5. The van der Waals surface area contributed by atoms with E-state index in [1.807, 2.05) is 13.8 Å². The Bertz CT molecular complexity index is 249. The van der Waals surface area contributed by atoms with E-state index in [1.54, 1.807) is 0 Å². The summed E-state index contributed by atoms with van der Waals surface area (Å²) in [6.45, 7) is 3.97. The third-order valence-corrected chi connectivity index (χ3v) is 1.08. The Morgan fingerprint density at radius 3 is 2.64 bits per heavy atom. The van der Waals surface area contributed by atoms with Gasteiger partial charge in [0.25, 0.3) is 0 Å². The van der Waals surface area contributed by atoms with Gasteiger partial charge in [-0.2, -0.15) is 0 Å². The molecule has 0 amide bonds. The Kier molecular flexibility index (Phi) is 5.69. The molecule has 0 aliphatic carbocycles. The number of terminal acetylenes is 1. The number of hydrogen-bond acceptors (Lipinski definition) is 1. The zero-order valence-corrected chi connectivity index (χ0v) is 6.77. The van der Waals surface area contributed by atoms with Gasteiger partial charge in [-0.05, 0) is 25.2 Å². The monoisotopic (exact) mass is 146 g/mol. The predicted octanol–water partition coefficient (Wildman–Crippen LogP) is 1.40. The highest BCUT2D eigenvalue weighted by molar-refractivity contribution is 5.32. The van der Waals surface area contributed by atoms with Crippen LogP contribution < -0.4 is 0 Å². The van der Waals surface area contributed by atoms with Gasteiger partial charge in [-0.15, -0.1) is 6.42 Å². The Balaban J connectivity index is 3.66. The Morgan fingerprint density at radius 1 is 1.36 bits per heavy atom. The molecule has 0 heterocycles. The second-order valence-electron chi connectivity index (χ2n) is 1.96. The van der Waals surface area contributed by atoms with Crippen molar-refractivity contribution in [2.24, 2.45) is 0 Å². The summed E-state index contributed by atoms with van der Waals surface area (Å²) in [4.78, 5) is 0. The fourth-order valence-corrected chi connectivity index (χ4v) is 0.306. The molecule has 0 saturated carbocycles. The van der Waals surface area contributed by atoms with Crippen LogP contribution in [0.2, 0.25) is 0 Å². The average Bonchev–Trinajstić information content (AvgIpc) is 2.04. The molecule has 0 N–H and O–H groups in total. The maximum absolute atomic E-state index is 5.01. The zero-order valence-electron chi connectivity index (χ0n) is 6.77. The summed E-state index contributed by atoms with van der Waals surface area (Å²) in [6.07, 6.45) is 8.42. The lowest BCUT2D eigenvalue weighted by molar-refractivity contribution is 0.181. The maximum Gasteiger partial charge on any atom is 0.124 e. The molecule has 0 aliphatic heterocycles. The van der Waals surface area contributed by atoms with Crippen molar-refractivity contribution < 1.29 is 4.74 Å². The Labute approximate surface area is 68.1 Å². The van der Waals surface area contributed by atoms with E-state index < -0.39 is 0 Å². The summed E-state index contributed by atoms with van der Waals surface area (Å²) in [5.41, 5.74) is 0. The Morgan fingerprint density at radius 2 is 2.09 bits per heavy atom. The van der Waals surface area contributed by atoms with Gasteiger partial charge in [0.15, 0.2) is 0 Å². The van der Waals surface area contributed by atoms with Gasteiger partial charge in [-0.25, -0.2) is 0 Å². The molecule has 0 aromatic heterocycles. The molecule has 1 heteroatoms. The van der Waals surface area contributed by atoms with Crippen molar-refractivity contribution in [3.05, 3.63) is 0 Å². The van der Waals surface area contributed by atoms with Gasteiger partial charge < -0.3 is 4.74 Å². The van der Waals surface area contributed by atoms with Crippen molar-refractivity contribution >= 4 is 0 Å². The lowest BCUT2D eigenvalue weighted by Gasteiger charge is -2.02. The molecule has 0 aromatic rings. The first-order chi connectivity index (χ1) is 5.31. The molecule has 0 bridgehead atoms. The van der Waals surface area contributed by atoms with Crippen molar-refractivity contribution in [2.75, 3.05) is 0 Å². The van der Waals surface area contributed by atoms with Crippen molar-refractivity contribution in [3.63, 3.8) is 0 Å². The first-order valence-corrected chi connectivity index (χ1v) is 3.42. The van der Waals surface area contributed by atoms with Gasteiger partial charge in [0.2, 0.25) is 0 Å². The van der Waals surface area contributed by atoms with Crippen LogP contribution in [0.5, 0.6) is 0 Å². The fourth-order valence-electron chi connectivity index (χ4n) is 0.306. The van der Waals surface area contributed by atoms with Gasteiger partial charge in [0, 0.05) is 11.8 Å². The van der Waals surface area contributed by atoms with E-state index in [-0.39, 0.29) is 6.10 Å². The van der Waals surface area contributed by atoms with E-state index in [2.05, 4.69) is 29.8 Å². The third kappa shape index (κ3) is 6.36. The standard InChI is InChI=1S/C10H10O/c1-4-6-7-8-9-11-10(3)5-2/h1,10H,5H2,2-3H3. The van der Waals surface area contributed by atoms with Crippen LogP contribution in [-0.4, -0.2) is 6.10 Å². The number of rotatable bonds is 2. The van der Waals surface area contributed by atoms with Gasteiger partial charge >= 0.3 is 0 Å². The van der Waals surface area contributed by atoms with Crippen LogP contribution in [0.4, 0.5) is 0 Å². The minimum Gasteiger partial charge on any atom is -0.443 e. The summed E-state index contributed by atoms with van der Waals surface area (Å²) >= 11 is 0. The molecular formula is C10H10O. The topological polar surface area (TPSA) is 9.23 Å².